The molecule has 5 rings (SSSR count). The van der Waals surface area contributed by atoms with E-state index in [0.717, 1.165) is 16.3 Å². The van der Waals surface area contributed by atoms with Gasteiger partial charge < -0.3 is 9.63 Å². The van der Waals surface area contributed by atoms with E-state index in [1.807, 2.05) is 67.6 Å². The lowest BCUT2D eigenvalue weighted by Gasteiger charge is -2.23. The molecule has 2 heterocycles. The van der Waals surface area contributed by atoms with E-state index < -0.39 is 17.7 Å². The van der Waals surface area contributed by atoms with Gasteiger partial charge in [0.15, 0.2) is 5.82 Å². The molecule has 0 radical (unpaired) electrons. The highest BCUT2D eigenvalue weighted by Gasteiger charge is 2.48. The molecular formula is C26H20N2O4. The third kappa shape index (κ3) is 3.17. The number of aromatic nitrogens is 1. The van der Waals surface area contributed by atoms with Crippen molar-refractivity contribution >= 4 is 34.0 Å². The molecule has 1 N–H and O–H groups in total. The van der Waals surface area contributed by atoms with Gasteiger partial charge in [0.1, 0.15) is 11.5 Å². The van der Waals surface area contributed by atoms with Crippen molar-refractivity contribution in [3.05, 3.63) is 101 Å². The Balaban J connectivity index is 1.72. The summed E-state index contributed by atoms with van der Waals surface area (Å²) in [4.78, 5) is 27.5. The maximum Gasteiger partial charge on any atom is 0.301 e. The van der Waals surface area contributed by atoms with E-state index in [0.29, 0.717) is 16.9 Å². The molecule has 6 nitrogen and oxygen atoms in total. The van der Waals surface area contributed by atoms with E-state index in [9.17, 15) is 14.7 Å². The van der Waals surface area contributed by atoms with Gasteiger partial charge in [0.25, 0.3) is 5.78 Å². The minimum absolute atomic E-state index is 0.0230. The first-order valence-corrected chi connectivity index (χ1v) is 10.2. The Morgan fingerprint density at radius 1 is 0.938 bits per heavy atom. The fourth-order valence-electron chi connectivity index (χ4n) is 4.09. The quantitative estimate of drug-likeness (QED) is 0.282. The molecule has 1 aliphatic heterocycles. The Labute approximate surface area is 184 Å². The van der Waals surface area contributed by atoms with E-state index in [1.54, 1.807) is 19.1 Å². The lowest BCUT2D eigenvalue weighted by Crippen LogP contribution is -2.29. The van der Waals surface area contributed by atoms with Gasteiger partial charge in [-0.25, -0.2) is 0 Å². The van der Waals surface area contributed by atoms with Gasteiger partial charge in [-0.15, -0.1) is 0 Å². The number of aliphatic hydroxyl groups excluding tert-OH is 1. The van der Waals surface area contributed by atoms with Crippen LogP contribution in [0.4, 0.5) is 5.82 Å². The van der Waals surface area contributed by atoms with Crippen molar-refractivity contribution in [1.82, 2.24) is 5.16 Å². The number of carbonyl (C=O) groups excluding carboxylic acids is 2. The number of Topliss-reactive ketones (excluding diaryl/α,β-unsaturated/α-hetero) is 1. The molecule has 0 spiro atoms. The first-order valence-electron chi connectivity index (χ1n) is 10.2. The van der Waals surface area contributed by atoms with Crippen LogP contribution in [0.25, 0.3) is 16.5 Å². The summed E-state index contributed by atoms with van der Waals surface area (Å²) in [6.07, 6.45) is 0. The molecule has 0 bridgehead atoms. The first kappa shape index (κ1) is 19.8. The summed E-state index contributed by atoms with van der Waals surface area (Å²) < 4.78 is 5.16. The van der Waals surface area contributed by atoms with Crippen molar-refractivity contribution in [2.75, 3.05) is 4.90 Å². The fraction of sp³-hybridized carbons (Fsp3) is 0.115. The van der Waals surface area contributed by atoms with Crippen LogP contribution in [0.5, 0.6) is 0 Å². The topological polar surface area (TPSA) is 83.6 Å². The van der Waals surface area contributed by atoms with E-state index in [2.05, 4.69) is 5.16 Å². The van der Waals surface area contributed by atoms with Gasteiger partial charge in [0.05, 0.1) is 11.6 Å². The van der Waals surface area contributed by atoms with Crippen molar-refractivity contribution < 1.29 is 19.2 Å². The second-order valence-corrected chi connectivity index (χ2v) is 7.94. The Kier molecular flexibility index (Phi) is 4.63. The number of aryl methyl sites for hydroxylation is 2. The largest absolute Gasteiger partial charge is 0.507 e. The predicted molar refractivity (Wildman–Crippen MR) is 121 cm³/mol. The maximum atomic E-state index is 13.2. The molecule has 1 fully saturated rings. The molecule has 1 amide bonds. The summed E-state index contributed by atoms with van der Waals surface area (Å²) >= 11 is 0. The van der Waals surface area contributed by atoms with Crippen molar-refractivity contribution in [2.45, 2.75) is 19.9 Å². The highest BCUT2D eigenvalue weighted by molar-refractivity contribution is 6.51. The van der Waals surface area contributed by atoms with Crippen LogP contribution < -0.4 is 4.90 Å². The zero-order chi connectivity index (χ0) is 22.4. The second-order valence-electron chi connectivity index (χ2n) is 7.94. The minimum Gasteiger partial charge on any atom is -0.507 e. The molecule has 0 saturated carbocycles. The Hall–Kier alpha value is -4.19. The standard InChI is InChI=1S/C26H20N2O4/c1-15-7-9-18(10-8-15)23-22(25(30)26(31)28(23)21-13-16(2)32-27-21)24(29)20-12-11-17-5-3-4-6-19(17)14-20/h3-14,23,29H,1-2H3. The molecule has 1 atom stereocenters. The number of hydrogen-bond acceptors (Lipinski definition) is 5. The zero-order valence-corrected chi connectivity index (χ0v) is 17.6. The molecule has 4 aromatic rings. The van der Waals surface area contributed by atoms with Gasteiger partial charge in [-0.05, 0) is 36.2 Å². The molecule has 1 unspecified atom stereocenters. The Morgan fingerprint density at radius 3 is 2.34 bits per heavy atom. The van der Waals surface area contributed by atoms with Crippen LogP contribution in [0.1, 0.15) is 28.5 Å². The number of anilines is 1. The van der Waals surface area contributed by atoms with Crippen molar-refractivity contribution in [3.8, 4) is 0 Å². The van der Waals surface area contributed by atoms with Crippen molar-refractivity contribution in [2.24, 2.45) is 0 Å². The predicted octanol–water partition coefficient (Wildman–Crippen LogP) is 5.07. The second kappa shape index (κ2) is 7.50. The average Bonchev–Trinajstić information content (AvgIpc) is 3.34. The number of aliphatic hydroxyl groups is 1. The van der Waals surface area contributed by atoms with Gasteiger partial charge in [0, 0.05) is 11.6 Å². The Bertz CT molecular complexity index is 1400. The van der Waals surface area contributed by atoms with Crippen molar-refractivity contribution in [3.63, 3.8) is 0 Å². The number of amides is 1. The van der Waals surface area contributed by atoms with Gasteiger partial charge in [-0.2, -0.15) is 0 Å². The summed E-state index contributed by atoms with van der Waals surface area (Å²) in [6.45, 7) is 3.67. The zero-order valence-electron chi connectivity index (χ0n) is 17.6. The van der Waals surface area contributed by atoms with Gasteiger partial charge >= 0.3 is 5.91 Å². The third-order valence-corrected chi connectivity index (χ3v) is 5.72. The summed E-state index contributed by atoms with van der Waals surface area (Å²) in [7, 11) is 0. The monoisotopic (exact) mass is 424 g/mol. The van der Waals surface area contributed by atoms with Crippen LogP contribution in [-0.4, -0.2) is 22.0 Å². The molecule has 158 valence electrons. The van der Waals surface area contributed by atoms with E-state index >= 15 is 0 Å². The van der Waals surface area contributed by atoms with Crippen LogP contribution >= 0.6 is 0 Å². The molecule has 6 heteroatoms. The van der Waals surface area contributed by atoms with Crippen LogP contribution in [0.15, 0.2) is 82.9 Å². The van der Waals surface area contributed by atoms with Crippen LogP contribution in [0.2, 0.25) is 0 Å². The molecule has 1 saturated heterocycles. The van der Waals surface area contributed by atoms with E-state index in [1.165, 1.54) is 4.90 Å². The first-order chi connectivity index (χ1) is 15.4. The fourth-order valence-corrected chi connectivity index (χ4v) is 4.09. The number of benzene rings is 3. The third-order valence-electron chi connectivity index (χ3n) is 5.72. The van der Waals surface area contributed by atoms with Gasteiger partial charge in [-0.1, -0.05) is 71.4 Å². The highest BCUT2D eigenvalue weighted by atomic mass is 16.5. The summed E-state index contributed by atoms with van der Waals surface area (Å²) in [6, 6.07) is 21.4. The number of ketones is 1. The number of rotatable bonds is 3. The van der Waals surface area contributed by atoms with Crippen LogP contribution in [0.3, 0.4) is 0 Å². The molecular weight excluding hydrogens is 404 g/mol. The van der Waals surface area contributed by atoms with Gasteiger partial charge in [0.2, 0.25) is 0 Å². The molecule has 32 heavy (non-hydrogen) atoms. The normalized spacial score (nSPS) is 17.9. The lowest BCUT2D eigenvalue weighted by atomic mass is 9.94. The van der Waals surface area contributed by atoms with E-state index in [4.69, 9.17) is 4.52 Å². The lowest BCUT2D eigenvalue weighted by molar-refractivity contribution is -0.132. The van der Waals surface area contributed by atoms with E-state index in [-0.39, 0.29) is 17.2 Å². The minimum atomic E-state index is -0.827. The SMILES string of the molecule is Cc1ccc(C2C(=C(O)c3ccc4ccccc4c3)C(=O)C(=O)N2c2cc(C)on2)cc1. The maximum absolute atomic E-state index is 13.2. The molecule has 1 aromatic heterocycles. The number of nitrogens with zero attached hydrogens (tertiary/aromatic N) is 2. The van der Waals surface area contributed by atoms with Gasteiger partial charge in [-0.3, -0.25) is 14.5 Å². The smallest absolute Gasteiger partial charge is 0.301 e. The number of carbonyl (C=O) groups is 2. The summed E-state index contributed by atoms with van der Waals surface area (Å²) in [5, 5.41) is 17.2. The molecule has 3 aromatic carbocycles. The number of hydrogen-bond donors (Lipinski definition) is 1. The summed E-state index contributed by atoms with van der Waals surface area (Å²) in [5.41, 5.74) is 2.22. The summed E-state index contributed by atoms with van der Waals surface area (Å²) in [5.74, 6) is -0.998. The molecule has 1 aliphatic rings. The van der Waals surface area contributed by atoms with Crippen LogP contribution in [0, 0.1) is 13.8 Å². The Morgan fingerprint density at radius 2 is 1.66 bits per heavy atom. The number of fused-ring (bicyclic) bond motifs is 1. The van der Waals surface area contributed by atoms with Crippen molar-refractivity contribution in [1.29, 1.82) is 0 Å². The average molecular weight is 424 g/mol. The highest BCUT2D eigenvalue weighted by Crippen LogP contribution is 2.42. The molecule has 0 aliphatic carbocycles. The van der Waals surface area contributed by atoms with Crippen LogP contribution in [-0.2, 0) is 9.59 Å².